The summed E-state index contributed by atoms with van der Waals surface area (Å²) in [7, 11) is 1.76. The number of halogens is 3. The summed E-state index contributed by atoms with van der Waals surface area (Å²) in [6.07, 6.45) is 3.17. The zero-order chi connectivity index (χ0) is 29.4. The highest BCUT2D eigenvalue weighted by Crippen LogP contribution is 2.40. The van der Waals surface area contributed by atoms with Crippen LogP contribution < -0.4 is 10.9 Å². The molecule has 1 amide bonds. The van der Waals surface area contributed by atoms with Crippen molar-refractivity contribution in [2.24, 2.45) is 13.0 Å². The van der Waals surface area contributed by atoms with Gasteiger partial charge < -0.3 is 14.9 Å². The van der Waals surface area contributed by atoms with Gasteiger partial charge in [0, 0.05) is 37.0 Å². The van der Waals surface area contributed by atoms with E-state index in [9.17, 15) is 22.8 Å². The normalized spacial score (nSPS) is 13.9. The van der Waals surface area contributed by atoms with Crippen molar-refractivity contribution in [3.05, 3.63) is 106 Å². The van der Waals surface area contributed by atoms with Gasteiger partial charge in [0.2, 0.25) is 12.3 Å². The number of benzene rings is 2. The lowest BCUT2D eigenvalue weighted by molar-refractivity contribution is -0.118. The van der Waals surface area contributed by atoms with Crippen LogP contribution in [0.1, 0.15) is 36.3 Å². The van der Waals surface area contributed by atoms with Crippen molar-refractivity contribution in [2.45, 2.75) is 38.0 Å². The summed E-state index contributed by atoms with van der Waals surface area (Å²) in [5.74, 6) is -1.62. The molecule has 1 aliphatic rings. The van der Waals surface area contributed by atoms with E-state index in [1.165, 1.54) is 31.2 Å². The first-order valence-corrected chi connectivity index (χ1v) is 13.9. The van der Waals surface area contributed by atoms with E-state index in [0.29, 0.717) is 22.6 Å². The fourth-order valence-corrected chi connectivity index (χ4v) is 5.52. The average Bonchev–Trinajstić information content (AvgIpc) is 3.71. The molecule has 1 fully saturated rings. The van der Waals surface area contributed by atoms with Crippen molar-refractivity contribution in [2.75, 3.05) is 5.32 Å². The predicted octanol–water partition coefficient (Wildman–Crippen LogP) is 7.06. The molecule has 1 aliphatic carbocycles. The SMILES string of the molecule is Cn1cc(CC2CC2)c2[nH]c(-c3ccnc(NC(=O)C(CC(F)F)c4ccc(F)cc4)c3)c(-c3ccccc3)c2c1=O. The number of alkyl halides is 2. The molecule has 1 atom stereocenters. The molecule has 214 valence electrons. The smallest absolute Gasteiger partial charge is 0.260 e. The third-order valence-corrected chi connectivity index (χ3v) is 7.78. The molecule has 6 rings (SSSR count). The van der Waals surface area contributed by atoms with Crippen LogP contribution in [0.4, 0.5) is 19.0 Å². The van der Waals surface area contributed by atoms with Crippen LogP contribution in [-0.2, 0) is 18.3 Å². The number of fused-ring (bicyclic) bond motifs is 1. The van der Waals surface area contributed by atoms with Crippen LogP contribution in [0.3, 0.4) is 0 Å². The number of pyridine rings is 2. The number of H-pyrrole nitrogens is 1. The summed E-state index contributed by atoms with van der Waals surface area (Å²) in [6.45, 7) is 0. The van der Waals surface area contributed by atoms with Gasteiger partial charge in [0.25, 0.3) is 5.56 Å². The Labute approximate surface area is 240 Å². The molecule has 0 spiro atoms. The highest BCUT2D eigenvalue weighted by Gasteiger charge is 2.27. The van der Waals surface area contributed by atoms with Crippen LogP contribution in [-0.4, -0.2) is 26.9 Å². The van der Waals surface area contributed by atoms with Gasteiger partial charge in [0.1, 0.15) is 11.6 Å². The highest BCUT2D eigenvalue weighted by atomic mass is 19.3. The zero-order valence-electron chi connectivity index (χ0n) is 22.9. The predicted molar refractivity (Wildman–Crippen MR) is 157 cm³/mol. The van der Waals surface area contributed by atoms with E-state index in [4.69, 9.17) is 0 Å². The quantitative estimate of drug-likeness (QED) is 0.199. The number of carbonyl (C=O) groups excluding carboxylic acids is 1. The number of nitrogens with zero attached hydrogens (tertiary/aromatic N) is 2. The van der Waals surface area contributed by atoms with E-state index >= 15 is 0 Å². The lowest BCUT2D eigenvalue weighted by Crippen LogP contribution is -2.23. The second-order valence-electron chi connectivity index (χ2n) is 10.9. The van der Waals surface area contributed by atoms with E-state index in [2.05, 4.69) is 15.3 Å². The van der Waals surface area contributed by atoms with E-state index in [0.717, 1.165) is 40.8 Å². The zero-order valence-corrected chi connectivity index (χ0v) is 22.9. The monoisotopic (exact) mass is 570 g/mol. The summed E-state index contributed by atoms with van der Waals surface area (Å²) in [5.41, 5.74) is 4.97. The maximum Gasteiger partial charge on any atom is 0.260 e. The number of carbonyl (C=O) groups is 1. The molecule has 2 aromatic carbocycles. The van der Waals surface area contributed by atoms with Gasteiger partial charge in [-0.05, 0) is 66.1 Å². The van der Waals surface area contributed by atoms with Gasteiger partial charge in [-0.3, -0.25) is 9.59 Å². The van der Waals surface area contributed by atoms with Crippen LogP contribution in [0.5, 0.6) is 0 Å². The molecule has 3 aromatic heterocycles. The Kier molecular flexibility index (Phi) is 7.41. The maximum absolute atomic E-state index is 13.5. The summed E-state index contributed by atoms with van der Waals surface area (Å²) in [4.78, 5) is 34.5. The Morgan fingerprint density at radius 1 is 1.07 bits per heavy atom. The first-order valence-electron chi connectivity index (χ1n) is 13.9. The van der Waals surface area contributed by atoms with E-state index < -0.39 is 30.5 Å². The molecule has 1 saturated carbocycles. The number of nitrogens with one attached hydrogen (secondary N) is 2. The van der Waals surface area contributed by atoms with Gasteiger partial charge in [0.05, 0.1) is 22.5 Å². The fraction of sp³-hybridized carbons (Fsp3) is 0.242. The molecule has 1 unspecified atom stereocenters. The Balaban J connectivity index is 1.43. The summed E-state index contributed by atoms with van der Waals surface area (Å²) >= 11 is 0. The van der Waals surface area contributed by atoms with Crippen molar-refractivity contribution in [3.63, 3.8) is 0 Å². The summed E-state index contributed by atoms with van der Waals surface area (Å²) in [6, 6.07) is 18.0. The first kappa shape index (κ1) is 27.5. The van der Waals surface area contributed by atoms with Gasteiger partial charge >= 0.3 is 0 Å². The topological polar surface area (TPSA) is 79.8 Å². The van der Waals surface area contributed by atoms with Gasteiger partial charge in [-0.25, -0.2) is 18.2 Å². The lowest BCUT2D eigenvalue weighted by atomic mass is 9.95. The summed E-state index contributed by atoms with van der Waals surface area (Å²) in [5, 5.41) is 3.26. The third kappa shape index (κ3) is 5.59. The van der Waals surface area contributed by atoms with Crippen molar-refractivity contribution >= 4 is 22.6 Å². The largest absolute Gasteiger partial charge is 0.354 e. The van der Waals surface area contributed by atoms with Gasteiger partial charge in [-0.2, -0.15) is 0 Å². The molecule has 3 heterocycles. The number of hydrogen-bond acceptors (Lipinski definition) is 3. The Morgan fingerprint density at radius 3 is 2.50 bits per heavy atom. The number of aryl methyl sites for hydroxylation is 1. The Morgan fingerprint density at radius 2 is 1.81 bits per heavy atom. The number of aromatic amines is 1. The average molecular weight is 571 g/mol. The van der Waals surface area contributed by atoms with Crippen LogP contribution in [0.15, 0.2) is 83.9 Å². The van der Waals surface area contributed by atoms with Crippen LogP contribution >= 0.6 is 0 Å². The minimum atomic E-state index is -2.74. The number of amides is 1. The van der Waals surface area contributed by atoms with E-state index in [-0.39, 0.29) is 16.9 Å². The van der Waals surface area contributed by atoms with E-state index in [1.807, 2.05) is 36.5 Å². The van der Waals surface area contributed by atoms with Crippen LogP contribution in [0.2, 0.25) is 0 Å². The molecule has 0 bridgehead atoms. The highest BCUT2D eigenvalue weighted by molar-refractivity contribution is 6.05. The lowest BCUT2D eigenvalue weighted by Gasteiger charge is -2.17. The minimum absolute atomic E-state index is 0.123. The van der Waals surface area contributed by atoms with Crippen LogP contribution in [0, 0.1) is 11.7 Å². The number of rotatable bonds is 9. The standard InChI is InChI=1S/C33H29F3N4O2/c1-40-18-23(15-19-7-8-19)31-29(33(40)42)28(21-5-3-2-4-6-21)30(39-31)22-13-14-37-27(16-22)38-32(41)25(17-26(35)36)20-9-11-24(34)12-10-20/h2-6,9-14,16,18-19,25-26,39H,7-8,15,17H2,1H3,(H,37,38,41). The third-order valence-electron chi connectivity index (χ3n) is 7.78. The molecule has 0 saturated heterocycles. The molecule has 6 nitrogen and oxygen atoms in total. The number of anilines is 1. The van der Waals surface area contributed by atoms with Crippen molar-refractivity contribution in [1.82, 2.24) is 14.5 Å². The fourth-order valence-electron chi connectivity index (χ4n) is 5.52. The molecular weight excluding hydrogens is 541 g/mol. The second-order valence-corrected chi connectivity index (χ2v) is 10.9. The van der Waals surface area contributed by atoms with Crippen molar-refractivity contribution in [3.8, 4) is 22.4 Å². The Hall–Kier alpha value is -4.66. The first-order chi connectivity index (χ1) is 20.3. The molecule has 0 radical (unpaired) electrons. The number of hydrogen-bond donors (Lipinski definition) is 2. The van der Waals surface area contributed by atoms with Gasteiger partial charge in [0.15, 0.2) is 0 Å². The minimum Gasteiger partial charge on any atom is -0.354 e. The van der Waals surface area contributed by atoms with Crippen LogP contribution in [0.25, 0.3) is 33.3 Å². The maximum atomic E-state index is 13.5. The molecule has 42 heavy (non-hydrogen) atoms. The molecule has 0 aliphatic heterocycles. The van der Waals surface area contributed by atoms with Crippen molar-refractivity contribution in [1.29, 1.82) is 0 Å². The summed E-state index contributed by atoms with van der Waals surface area (Å²) < 4.78 is 41.9. The van der Waals surface area contributed by atoms with Gasteiger partial charge in [-0.15, -0.1) is 0 Å². The molecule has 5 aromatic rings. The second kappa shape index (κ2) is 11.3. The van der Waals surface area contributed by atoms with Gasteiger partial charge in [-0.1, -0.05) is 42.5 Å². The Bertz CT molecular complexity index is 1810. The van der Waals surface area contributed by atoms with E-state index in [1.54, 1.807) is 23.7 Å². The number of aromatic nitrogens is 3. The molecule has 9 heteroatoms. The molecule has 2 N–H and O–H groups in total. The molecular formula is C33H29F3N4O2. The van der Waals surface area contributed by atoms with Crippen molar-refractivity contribution < 1.29 is 18.0 Å².